The number of nitrogens with one attached hydrogen (secondary N) is 1. The van der Waals surface area contributed by atoms with Gasteiger partial charge in [-0.1, -0.05) is 18.7 Å². The van der Waals surface area contributed by atoms with E-state index in [1.54, 1.807) is 0 Å². The zero-order valence-corrected chi connectivity index (χ0v) is 11.3. The monoisotopic (exact) mass is 314 g/mol. The van der Waals surface area contributed by atoms with Crippen LogP contribution in [-0.4, -0.2) is 16.6 Å². The van der Waals surface area contributed by atoms with Gasteiger partial charge in [0.2, 0.25) is 0 Å². The molecular weight excluding hydrogens is 301 g/mol. The number of nitro groups is 1. The highest BCUT2D eigenvalue weighted by Crippen LogP contribution is 2.37. The van der Waals surface area contributed by atoms with Crippen molar-refractivity contribution in [1.29, 1.82) is 0 Å². The lowest BCUT2D eigenvalue weighted by atomic mass is 10.1. The summed E-state index contributed by atoms with van der Waals surface area (Å²) in [6.07, 6.45) is 0.707. The average molecular weight is 314 g/mol. The maximum Gasteiger partial charge on any atom is 0.423 e. The number of hydrogen-bond acceptors (Lipinski definition) is 4. The normalized spacial score (nSPS) is 12.4. The van der Waals surface area contributed by atoms with E-state index in [1.807, 2.05) is 0 Å². The quantitative estimate of drug-likeness (QED) is 0.357. The molecule has 2 N–H and O–H groups in total. The lowest BCUT2D eigenvalue weighted by molar-refractivity contribution is -0.388. The van der Waals surface area contributed by atoms with Crippen LogP contribution in [0.1, 0.15) is 5.56 Å². The minimum absolute atomic E-state index is 0.0588. The summed E-state index contributed by atoms with van der Waals surface area (Å²) in [4.78, 5) is 9.53. The van der Waals surface area contributed by atoms with E-state index in [1.165, 1.54) is 30.4 Å². The van der Waals surface area contributed by atoms with Crippen molar-refractivity contribution in [2.75, 3.05) is 11.9 Å². The van der Waals surface area contributed by atoms with E-state index in [2.05, 4.69) is 11.9 Å². The Kier molecular flexibility index (Phi) is 5.73. The predicted molar refractivity (Wildman–Crippen MR) is 76.6 cm³/mol. The Hall–Kier alpha value is -2.77. The molecule has 0 unspecified atom stereocenters. The second-order valence-electron chi connectivity index (χ2n) is 4.10. The van der Waals surface area contributed by atoms with E-state index in [-0.39, 0.29) is 18.0 Å². The number of aliphatic hydroxyl groups is 1. The Balaban J connectivity index is 2.88. The second kappa shape index (κ2) is 7.30. The molecule has 0 amide bonds. The molecular formula is C14H13F3N2O3. The third-order valence-electron chi connectivity index (χ3n) is 2.50. The molecule has 118 valence electrons. The van der Waals surface area contributed by atoms with Crippen molar-refractivity contribution in [3.63, 3.8) is 0 Å². The Bertz CT molecular complexity index is 622. The topological polar surface area (TPSA) is 75.4 Å². The molecule has 0 saturated carbocycles. The fourth-order valence-electron chi connectivity index (χ4n) is 1.57. The SMILES string of the molecule is C=C/C=C(O)\C=C/CNc1ccc([N+](=O)[O-])c(C(F)(F)F)c1. The predicted octanol–water partition coefficient (Wildman–Crippen LogP) is 4.21. The van der Waals surface area contributed by atoms with Gasteiger partial charge in [-0.2, -0.15) is 13.2 Å². The van der Waals surface area contributed by atoms with Gasteiger partial charge in [-0.15, -0.1) is 0 Å². The van der Waals surface area contributed by atoms with Crippen molar-refractivity contribution in [3.05, 3.63) is 70.5 Å². The van der Waals surface area contributed by atoms with Gasteiger partial charge >= 0.3 is 6.18 Å². The molecule has 0 aliphatic rings. The summed E-state index contributed by atoms with van der Waals surface area (Å²) in [5.74, 6) is -0.0588. The van der Waals surface area contributed by atoms with E-state index in [9.17, 15) is 28.4 Å². The summed E-state index contributed by atoms with van der Waals surface area (Å²) >= 11 is 0. The van der Waals surface area contributed by atoms with Gasteiger partial charge in [0.1, 0.15) is 11.3 Å². The van der Waals surface area contributed by atoms with Crippen LogP contribution in [0.2, 0.25) is 0 Å². The van der Waals surface area contributed by atoms with Crippen LogP contribution in [0.25, 0.3) is 0 Å². The highest BCUT2D eigenvalue weighted by atomic mass is 19.4. The number of nitro benzene ring substituents is 1. The van der Waals surface area contributed by atoms with Crippen molar-refractivity contribution in [3.8, 4) is 0 Å². The molecule has 1 aromatic rings. The molecule has 0 fully saturated rings. The van der Waals surface area contributed by atoms with E-state index in [0.29, 0.717) is 6.07 Å². The molecule has 22 heavy (non-hydrogen) atoms. The van der Waals surface area contributed by atoms with Gasteiger partial charge in [-0.3, -0.25) is 10.1 Å². The molecule has 0 aromatic heterocycles. The number of hydrogen-bond donors (Lipinski definition) is 2. The first-order valence-corrected chi connectivity index (χ1v) is 6.03. The number of aliphatic hydroxyl groups excluding tert-OH is 1. The highest BCUT2D eigenvalue weighted by molar-refractivity contribution is 5.55. The second-order valence-corrected chi connectivity index (χ2v) is 4.10. The molecule has 0 spiro atoms. The number of allylic oxidation sites excluding steroid dienone is 3. The van der Waals surface area contributed by atoms with Crippen LogP contribution in [0.5, 0.6) is 0 Å². The molecule has 0 radical (unpaired) electrons. The number of alkyl halides is 3. The molecule has 0 aliphatic carbocycles. The Labute approximate surface area is 124 Å². The van der Waals surface area contributed by atoms with Crippen molar-refractivity contribution >= 4 is 11.4 Å². The van der Waals surface area contributed by atoms with Gasteiger partial charge in [-0.05, 0) is 24.3 Å². The fourth-order valence-corrected chi connectivity index (χ4v) is 1.57. The van der Waals surface area contributed by atoms with Crippen molar-refractivity contribution in [2.45, 2.75) is 6.18 Å². The van der Waals surface area contributed by atoms with E-state index in [4.69, 9.17) is 0 Å². The molecule has 5 nitrogen and oxygen atoms in total. The third-order valence-corrected chi connectivity index (χ3v) is 2.50. The summed E-state index contributed by atoms with van der Waals surface area (Å²) in [5, 5.41) is 22.5. The van der Waals surface area contributed by atoms with Crippen LogP contribution < -0.4 is 5.32 Å². The largest absolute Gasteiger partial charge is 0.508 e. The highest BCUT2D eigenvalue weighted by Gasteiger charge is 2.38. The maximum atomic E-state index is 12.8. The molecule has 0 aliphatic heterocycles. The van der Waals surface area contributed by atoms with E-state index < -0.39 is 22.4 Å². The Morgan fingerprint density at radius 3 is 2.68 bits per heavy atom. The smallest absolute Gasteiger partial charge is 0.423 e. The first-order valence-electron chi connectivity index (χ1n) is 6.03. The van der Waals surface area contributed by atoms with E-state index in [0.717, 1.165) is 6.07 Å². The van der Waals surface area contributed by atoms with Gasteiger partial charge in [0, 0.05) is 18.3 Å². The van der Waals surface area contributed by atoms with Crippen LogP contribution in [-0.2, 0) is 6.18 Å². The third kappa shape index (κ3) is 4.97. The minimum atomic E-state index is -4.82. The zero-order valence-electron chi connectivity index (χ0n) is 11.3. The lowest BCUT2D eigenvalue weighted by Crippen LogP contribution is -2.10. The van der Waals surface area contributed by atoms with Crippen LogP contribution in [0.4, 0.5) is 24.5 Å². The van der Waals surface area contributed by atoms with Gasteiger partial charge in [-0.25, -0.2) is 0 Å². The van der Waals surface area contributed by atoms with Crippen molar-refractivity contribution < 1.29 is 23.2 Å². The minimum Gasteiger partial charge on any atom is -0.508 e. The zero-order chi connectivity index (χ0) is 16.8. The van der Waals surface area contributed by atoms with Gasteiger partial charge in [0.05, 0.1) is 4.92 Å². The summed E-state index contributed by atoms with van der Waals surface area (Å²) < 4.78 is 38.3. The summed E-state index contributed by atoms with van der Waals surface area (Å²) in [7, 11) is 0. The van der Waals surface area contributed by atoms with E-state index >= 15 is 0 Å². The molecule has 1 aromatic carbocycles. The molecule has 0 heterocycles. The Morgan fingerprint density at radius 1 is 1.45 bits per heavy atom. The average Bonchev–Trinajstić information content (AvgIpc) is 2.42. The molecule has 0 atom stereocenters. The summed E-state index contributed by atoms with van der Waals surface area (Å²) in [6.45, 7) is 3.51. The van der Waals surface area contributed by atoms with Crippen LogP contribution in [0.3, 0.4) is 0 Å². The number of nitrogens with zero attached hydrogens (tertiary/aromatic N) is 1. The standard InChI is InChI=1S/C14H13F3N2O3/c1-2-4-11(20)5-3-8-18-10-6-7-13(19(21)22)12(9-10)14(15,16)17/h2-7,9,18,20H,1,8H2/b5-3-,11-4+. The number of anilines is 1. The first kappa shape index (κ1) is 17.3. The van der Waals surface area contributed by atoms with Gasteiger partial charge < -0.3 is 10.4 Å². The van der Waals surface area contributed by atoms with Crippen LogP contribution in [0.15, 0.2) is 54.8 Å². The van der Waals surface area contributed by atoms with Gasteiger partial charge in [0.25, 0.3) is 5.69 Å². The number of benzene rings is 1. The van der Waals surface area contributed by atoms with Crippen LogP contribution in [0, 0.1) is 10.1 Å². The molecule has 0 bridgehead atoms. The fraction of sp³-hybridized carbons (Fsp3) is 0.143. The summed E-state index contributed by atoms with van der Waals surface area (Å²) in [5.41, 5.74) is -2.24. The molecule has 8 heteroatoms. The number of halogens is 3. The Morgan fingerprint density at radius 2 is 2.14 bits per heavy atom. The number of rotatable bonds is 6. The van der Waals surface area contributed by atoms with Gasteiger partial charge in [0.15, 0.2) is 0 Å². The first-order chi connectivity index (χ1) is 10.3. The van der Waals surface area contributed by atoms with Crippen LogP contribution >= 0.6 is 0 Å². The summed E-state index contributed by atoms with van der Waals surface area (Å²) in [6, 6.07) is 2.65. The molecule has 1 rings (SSSR count). The molecule has 0 saturated heterocycles. The van der Waals surface area contributed by atoms with Crippen molar-refractivity contribution in [1.82, 2.24) is 0 Å². The van der Waals surface area contributed by atoms with Crippen molar-refractivity contribution in [2.24, 2.45) is 0 Å². The lowest BCUT2D eigenvalue weighted by Gasteiger charge is -2.10. The maximum absolute atomic E-state index is 12.8.